The molecule has 0 spiro atoms. The molecule has 208 valence electrons. The van der Waals surface area contributed by atoms with E-state index in [1.54, 1.807) is 0 Å². The van der Waals surface area contributed by atoms with Crippen LogP contribution < -0.4 is 0 Å². The summed E-state index contributed by atoms with van der Waals surface area (Å²) in [5, 5.41) is 19.6. The van der Waals surface area contributed by atoms with Crippen molar-refractivity contribution in [1.82, 2.24) is 0 Å². The minimum absolute atomic E-state index is 0.0767. The Labute approximate surface area is 212 Å². The van der Waals surface area contributed by atoms with Gasteiger partial charge in [0, 0.05) is 6.42 Å². The van der Waals surface area contributed by atoms with Gasteiger partial charge in [-0.15, -0.1) is 20.2 Å². The first-order valence-corrected chi connectivity index (χ1v) is 13.5. The van der Waals surface area contributed by atoms with E-state index >= 15 is 0 Å². The molecule has 0 aliphatic carbocycles. The molecule has 0 radical (unpaired) electrons. The summed E-state index contributed by atoms with van der Waals surface area (Å²) in [7, 11) is 0. The maximum atomic E-state index is 12.4. The highest BCUT2D eigenvalue weighted by Crippen LogP contribution is 2.39. The molecule has 2 rings (SSSR count). The molecule has 0 aromatic heterocycles. The van der Waals surface area contributed by atoms with Crippen molar-refractivity contribution >= 4 is 5.97 Å². The lowest BCUT2D eigenvalue weighted by Crippen LogP contribution is -2.51. The smallest absolute Gasteiger partial charge is 0.309 e. The zero-order valence-electron chi connectivity index (χ0n) is 21.4. The molecule has 0 aromatic carbocycles. The third-order valence-corrected chi connectivity index (χ3v) is 6.74. The molecule has 4 atom stereocenters. The quantitative estimate of drug-likeness (QED) is 0.0662. The van der Waals surface area contributed by atoms with Gasteiger partial charge in [0.15, 0.2) is 12.2 Å². The fraction of sp³-hybridized carbons (Fsp3) is 0.958. The van der Waals surface area contributed by atoms with Crippen molar-refractivity contribution in [2.75, 3.05) is 13.2 Å². The molecule has 0 amide bonds. The van der Waals surface area contributed by atoms with E-state index in [-0.39, 0.29) is 13.0 Å². The Bertz CT molecular complexity index is 679. The summed E-state index contributed by atoms with van der Waals surface area (Å²) >= 11 is 0. The molecule has 0 unspecified atom stereocenters. The predicted octanol–water partition coefficient (Wildman–Crippen LogP) is 5.07. The lowest BCUT2D eigenvalue weighted by Gasteiger charge is -2.29. The van der Waals surface area contributed by atoms with Gasteiger partial charge in [-0.25, -0.2) is 0 Å². The minimum Gasteiger partial charge on any atom is -0.427 e. The number of esters is 1. The van der Waals surface area contributed by atoms with Crippen LogP contribution >= 0.6 is 0 Å². The highest BCUT2D eigenvalue weighted by atomic mass is 17.0. The van der Waals surface area contributed by atoms with Gasteiger partial charge in [0.2, 0.25) is 0 Å². The summed E-state index contributed by atoms with van der Waals surface area (Å²) in [6.45, 7) is 1.52. The molecule has 2 fully saturated rings. The van der Waals surface area contributed by atoms with Crippen LogP contribution in [-0.4, -0.2) is 53.5 Å². The Morgan fingerprint density at radius 1 is 0.833 bits per heavy atom. The molecular weight excluding hydrogens is 476 g/mol. The number of unbranched alkanes of at least 4 members (excludes halogenated alkanes) is 14. The van der Waals surface area contributed by atoms with Gasteiger partial charge >= 0.3 is 11.8 Å². The largest absolute Gasteiger partial charge is 0.427 e. The summed E-state index contributed by atoms with van der Waals surface area (Å²) < 4.78 is 16.1. The average molecular weight is 519 g/mol. The number of carbonyl (C=O) groups is 1. The normalized spacial score (nSPS) is 24.9. The SMILES string of the molecule is CCCCCCCCCCCCCCCCCC(=O)O[C@@]1(O[N+](=O)[O-])CO[C@@H]2[C@H](O[N+](=O)[O-])CO[C@@H]21. The Kier molecular flexibility index (Phi) is 13.8. The molecule has 36 heavy (non-hydrogen) atoms. The lowest BCUT2D eigenvalue weighted by molar-refractivity contribution is -0.796. The fourth-order valence-corrected chi connectivity index (χ4v) is 4.85. The van der Waals surface area contributed by atoms with Crippen LogP contribution in [0.2, 0.25) is 0 Å². The van der Waals surface area contributed by atoms with Crippen LogP contribution in [0.5, 0.6) is 0 Å². The molecule has 0 N–H and O–H groups in total. The van der Waals surface area contributed by atoms with Crippen molar-refractivity contribution in [3.8, 4) is 0 Å². The van der Waals surface area contributed by atoms with Crippen molar-refractivity contribution in [2.24, 2.45) is 0 Å². The summed E-state index contributed by atoms with van der Waals surface area (Å²) in [5.74, 6) is -2.77. The molecule has 12 nitrogen and oxygen atoms in total. The van der Waals surface area contributed by atoms with Crippen LogP contribution in [0.25, 0.3) is 0 Å². The van der Waals surface area contributed by atoms with Crippen molar-refractivity contribution in [3.05, 3.63) is 20.2 Å². The van der Waals surface area contributed by atoms with Crippen LogP contribution in [0.1, 0.15) is 110 Å². The molecule has 0 bridgehead atoms. The van der Waals surface area contributed by atoms with Gasteiger partial charge in [0.05, 0.1) is 6.61 Å². The Morgan fingerprint density at radius 2 is 1.36 bits per heavy atom. The molecule has 2 aliphatic heterocycles. The number of fused-ring (bicyclic) bond motifs is 1. The summed E-state index contributed by atoms with van der Waals surface area (Å²) in [5.41, 5.74) is 0. The van der Waals surface area contributed by atoms with E-state index in [1.165, 1.54) is 70.6 Å². The molecule has 12 heteroatoms. The fourth-order valence-electron chi connectivity index (χ4n) is 4.85. The first-order chi connectivity index (χ1) is 17.4. The van der Waals surface area contributed by atoms with E-state index in [0.29, 0.717) is 6.42 Å². The minimum atomic E-state index is -2.10. The van der Waals surface area contributed by atoms with Crippen LogP contribution in [0.15, 0.2) is 0 Å². The molecule has 0 aromatic rings. The van der Waals surface area contributed by atoms with Crippen LogP contribution in [0.4, 0.5) is 0 Å². The second kappa shape index (κ2) is 16.5. The zero-order valence-corrected chi connectivity index (χ0v) is 21.4. The number of ether oxygens (including phenoxy) is 3. The van der Waals surface area contributed by atoms with Gasteiger partial charge in [0.1, 0.15) is 12.7 Å². The zero-order chi connectivity index (χ0) is 26.2. The van der Waals surface area contributed by atoms with E-state index in [2.05, 4.69) is 16.6 Å². The van der Waals surface area contributed by atoms with Crippen LogP contribution in [-0.2, 0) is 28.7 Å². The third-order valence-electron chi connectivity index (χ3n) is 6.74. The summed E-state index contributed by atoms with van der Waals surface area (Å²) in [6, 6.07) is 0. The van der Waals surface area contributed by atoms with Gasteiger partial charge in [-0.2, -0.15) is 0 Å². The molecule has 2 aliphatic rings. The number of nitrogens with zero attached hydrogens (tertiary/aromatic N) is 2. The van der Waals surface area contributed by atoms with Crippen LogP contribution in [0, 0.1) is 20.2 Å². The maximum absolute atomic E-state index is 12.4. The van der Waals surface area contributed by atoms with E-state index < -0.39 is 46.8 Å². The van der Waals surface area contributed by atoms with Crippen molar-refractivity contribution in [3.63, 3.8) is 0 Å². The van der Waals surface area contributed by atoms with Gasteiger partial charge in [-0.1, -0.05) is 96.8 Å². The molecular formula is C24H42N2O10. The topological polar surface area (TPSA) is 150 Å². The average Bonchev–Trinajstić information content (AvgIpc) is 3.37. The second-order valence-electron chi connectivity index (χ2n) is 9.70. The second-order valence-corrected chi connectivity index (χ2v) is 9.70. The predicted molar refractivity (Wildman–Crippen MR) is 128 cm³/mol. The molecule has 0 saturated carbocycles. The van der Waals surface area contributed by atoms with Crippen molar-refractivity contribution in [1.29, 1.82) is 0 Å². The number of hydrogen-bond donors (Lipinski definition) is 0. The van der Waals surface area contributed by atoms with Crippen LogP contribution in [0.3, 0.4) is 0 Å². The standard InChI is InChI=1S/C24H42N2O10/c1-2-3-4-5-6-7-8-9-10-11-12-13-14-15-16-17-21(27)34-24(36-26(30)31)19-33-22-20(35-25(28)29)18-32-23(22)24/h20,22-23H,2-19H2,1H3/t20-,22-,23+,24-/m1/s1. The van der Waals surface area contributed by atoms with Crippen molar-refractivity contribution in [2.45, 2.75) is 134 Å². The Morgan fingerprint density at radius 3 is 1.86 bits per heavy atom. The number of hydrogen-bond acceptors (Lipinski definition) is 10. The van der Waals surface area contributed by atoms with E-state index in [1.807, 2.05) is 0 Å². The van der Waals surface area contributed by atoms with Gasteiger partial charge < -0.3 is 19.0 Å². The summed E-state index contributed by atoms with van der Waals surface area (Å²) in [6.07, 6.45) is 14.8. The van der Waals surface area contributed by atoms with E-state index in [4.69, 9.17) is 14.2 Å². The monoisotopic (exact) mass is 518 g/mol. The first kappa shape index (κ1) is 30.0. The highest BCUT2D eigenvalue weighted by Gasteiger charge is 2.63. The maximum Gasteiger partial charge on any atom is 0.309 e. The summed E-state index contributed by atoms with van der Waals surface area (Å²) in [4.78, 5) is 43.2. The third kappa shape index (κ3) is 10.4. The Hall–Kier alpha value is -2.21. The van der Waals surface area contributed by atoms with Gasteiger partial charge in [0.25, 0.3) is 10.2 Å². The van der Waals surface area contributed by atoms with E-state index in [0.717, 1.165) is 19.3 Å². The number of rotatable bonds is 21. The highest BCUT2D eigenvalue weighted by molar-refractivity contribution is 5.69. The van der Waals surface area contributed by atoms with Gasteiger partial charge in [-0.3, -0.25) is 9.63 Å². The van der Waals surface area contributed by atoms with E-state index in [9.17, 15) is 25.0 Å². The molecule has 2 heterocycles. The van der Waals surface area contributed by atoms with Gasteiger partial charge in [-0.05, 0) is 6.42 Å². The lowest BCUT2D eigenvalue weighted by atomic mass is 10.0. The van der Waals surface area contributed by atoms with Crippen molar-refractivity contribution < 1.29 is 38.9 Å². The Balaban J connectivity index is 1.56. The molecule has 2 saturated heterocycles. The first-order valence-electron chi connectivity index (χ1n) is 13.5. The number of carbonyl (C=O) groups excluding carboxylic acids is 1.